The van der Waals surface area contributed by atoms with Crippen molar-refractivity contribution in [1.82, 2.24) is 10.2 Å². The zero-order chi connectivity index (χ0) is 17.5. The van der Waals surface area contributed by atoms with E-state index < -0.39 is 0 Å². The number of piperazine rings is 1. The zero-order valence-corrected chi connectivity index (χ0v) is 17.9. The van der Waals surface area contributed by atoms with Crippen LogP contribution in [-0.2, 0) is 4.74 Å². The number of aromatic hydroxyl groups is 1. The molecule has 0 unspecified atom stereocenters. The smallest absolute Gasteiger partial charge is 0.193 e. The number of benzene rings is 1. The Balaban J connectivity index is 0.00000243. The van der Waals surface area contributed by atoms with Crippen LogP contribution in [0.1, 0.15) is 19.3 Å². The number of phenols is 1. The Kier molecular flexibility index (Phi) is 8.77. The molecule has 146 valence electrons. The fourth-order valence-electron chi connectivity index (χ4n) is 3.13. The van der Waals surface area contributed by atoms with Crippen LogP contribution in [0.15, 0.2) is 29.3 Å². The van der Waals surface area contributed by atoms with Gasteiger partial charge in [0.1, 0.15) is 5.75 Å². The van der Waals surface area contributed by atoms with E-state index in [1.54, 1.807) is 6.07 Å². The molecule has 3 rings (SSSR count). The molecule has 0 bridgehead atoms. The van der Waals surface area contributed by atoms with Gasteiger partial charge in [-0.3, -0.25) is 4.99 Å². The molecule has 1 aliphatic carbocycles. The summed E-state index contributed by atoms with van der Waals surface area (Å²) in [5.74, 6) is 2.14. The summed E-state index contributed by atoms with van der Waals surface area (Å²) in [5.41, 5.74) is 0.915. The second-order valence-corrected chi connectivity index (χ2v) is 6.81. The van der Waals surface area contributed by atoms with Crippen molar-refractivity contribution < 1.29 is 9.84 Å². The van der Waals surface area contributed by atoms with Crippen molar-refractivity contribution >= 4 is 35.6 Å². The number of guanidine groups is 1. The summed E-state index contributed by atoms with van der Waals surface area (Å²) in [4.78, 5) is 8.91. The minimum atomic E-state index is 0. The van der Waals surface area contributed by atoms with Gasteiger partial charge in [-0.2, -0.15) is 0 Å². The number of aliphatic imine (C=N–C) groups is 1. The Morgan fingerprint density at radius 1 is 1.23 bits per heavy atom. The van der Waals surface area contributed by atoms with E-state index in [1.807, 2.05) is 25.2 Å². The maximum atomic E-state index is 10.0. The molecule has 0 radical (unpaired) electrons. The van der Waals surface area contributed by atoms with E-state index in [9.17, 15) is 5.11 Å². The van der Waals surface area contributed by atoms with Gasteiger partial charge in [-0.15, -0.1) is 24.0 Å². The van der Waals surface area contributed by atoms with Crippen LogP contribution in [-0.4, -0.2) is 69.0 Å². The highest BCUT2D eigenvalue weighted by molar-refractivity contribution is 14.0. The van der Waals surface area contributed by atoms with Gasteiger partial charge in [0.2, 0.25) is 0 Å². The first-order valence-electron chi connectivity index (χ1n) is 9.34. The number of rotatable bonds is 7. The summed E-state index contributed by atoms with van der Waals surface area (Å²) in [6.45, 7) is 6.19. The maximum absolute atomic E-state index is 10.0. The summed E-state index contributed by atoms with van der Waals surface area (Å²) >= 11 is 0. The molecular weight excluding hydrogens is 443 g/mol. The highest BCUT2D eigenvalue weighted by atomic mass is 127. The van der Waals surface area contributed by atoms with Crippen LogP contribution in [0.4, 0.5) is 5.69 Å². The third-order valence-corrected chi connectivity index (χ3v) is 4.81. The Bertz CT molecular complexity index is 572. The zero-order valence-electron chi connectivity index (χ0n) is 15.6. The molecule has 1 aromatic rings. The molecule has 1 heterocycles. The molecule has 0 atom stereocenters. The molecule has 6 nitrogen and oxygen atoms in total. The number of phenolic OH excluding ortho intramolecular Hbond substituents is 1. The van der Waals surface area contributed by atoms with E-state index in [0.717, 1.165) is 69.9 Å². The van der Waals surface area contributed by atoms with Crippen molar-refractivity contribution in [2.75, 3.05) is 57.9 Å². The summed E-state index contributed by atoms with van der Waals surface area (Å²) in [5, 5.41) is 13.4. The van der Waals surface area contributed by atoms with Crippen molar-refractivity contribution in [3.05, 3.63) is 24.3 Å². The number of nitrogens with one attached hydrogen (secondary N) is 1. The summed E-state index contributed by atoms with van der Waals surface area (Å²) < 4.78 is 5.67. The lowest BCUT2D eigenvalue weighted by Crippen LogP contribution is -2.52. The third kappa shape index (κ3) is 6.19. The van der Waals surface area contributed by atoms with Gasteiger partial charge in [-0.1, -0.05) is 12.1 Å². The molecule has 1 aliphatic heterocycles. The van der Waals surface area contributed by atoms with Crippen molar-refractivity contribution in [3.63, 3.8) is 0 Å². The van der Waals surface area contributed by atoms with Gasteiger partial charge in [0, 0.05) is 53.0 Å². The summed E-state index contributed by atoms with van der Waals surface area (Å²) in [6, 6.07) is 7.54. The number of nitrogens with zero attached hydrogens (tertiary/aromatic N) is 3. The number of ether oxygens (including phenoxy) is 1. The van der Waals surface area contributed by atoms with Crippen molar-refractivity contribution in [2.24, 2.45) is 10.9 Å². The van der Waals surface area contributed by atoms with Gasteiger partial charge in [0.25, 0.3) is 0 Å². The quantitative estimate of drug-likeness (QED) is 0.275. The monoisotopic (exact) mass is 474 g/mol. The molecule has 7 heteroatoms. The summed E-state index contributed by atoms with van der Waals surface area (Å²) in [7, 11) is 1.83. The normalized spacial score (nSPS) is 17.8. The van der Waals surface area contributed by atoms with Crippen molar-refractivity contribution in [2.45, 2.75) is 19.3 Å². The van der Waals surface area contributed by atoms with Crippen LogP contribution in [0, 0.1) is 5.92 Å². The van der Waals surface area contributed by atoms with Gasteiger partial charge in [0.15, 0.2) is 5.96 Å². The topological polar surface area (TPSA) is 60.3 Å². The first kappa shape index (κ1) is 21.1. The lowest BCUT2D eigenvalue weighted by atomic mass is 10.2. The predicted molar refractivity (Wildman–Crippen MR) is 117 cm³/mol. The molecule has 26 heavy (non-hydrogen) atoms. The first-order chi connectivity index (χ1) is 12.3. The molecule has 1 saturated heterocycles. The standard InChI is InChI=1S/C19H30N4O2.HI/c1-20-19(21-9-4-14-25-15-16-7-8-16)23-12-10-22(11-13-23)17-5-2-3-6-18(17)24;/h2-3,5-6,16,24H,4,7-15H2,1H3,(H,20,21);1H. The second-order valence-electron chi connectivity index (χ2n) is 6.81. The van der Waals surface area contributed by atoms with E-state index in [2.05, 4.69) is 20.1 Å². The lowest BCUT2D eigenvalue weighted by molar-refractivity contribution is 0.122. The molecule has 0 spiro atoms. The molecule has 0 amide bonds. The number of hydrogen-bond acceptors (Lipinski definition) is 4. The average Bonchev–Trinajstić information content (AvgIpc) is 3.46. The Labute approximate surface area is 173 Å². The fourth-order valence-corrected chi connectivity index (χ4v) is 3.13. The average molecular weight is 474 g/mol. The van der Waals surface area contributed by atoms with Crippen LogP contribution in [0.2, 0.25) is 0 Å². The lowest BCUT2D eigenvalue weighted by Gasteiger charge is -2.37. The second kappa shape index (κ2) is 10.8. The number of para-hydroxylation sites is 2. The molecule has 2 N–H and O–H groups in total. The molecule has 1 saturated carbocycles. The fraction of sp³-hybridized carbons (Fsp3) is 0.632. The highest BCUT2D eigenvalue weighted by Gasteiger charge is 2.22. The van der Waals surface area contributed by atoms with Gasteiger partial charge < -0.3 is 25.0 Å². The molecular formula is C19H31IN4O2. The van der Waals surface area contributed by atoms with Crippen LogP contribution in [0.25, 0.3) is 0 Å². The van der Waals surface area contributed by atoms with E-state index in [1.165, 1.54) is 12.8 Å². The van der Waals surface area contributed by atoms with Gasteiger partial charge >= 0.3 is 0 Å². The van der Waals surface area contributed by atoms with Crippen molar-refractivity contribution in [3.8, 4) is 5.75 Å². The first-order valence-corrected chi connectivity index (χ1v) is 9.34. The Hall–Kier alpha value is -1.22. The SMILES string of the molecule is CN=C(NCCCOCC1CC1)N1CCN(c2ccccc2O)CC1.I. The molecule has 0 aromatic heterocycles. The summed E-state index contributed by atoms with van der Waals surface area (Å²) in [6.07, 6.45) is 3.69. The third-order valence-electron chi connectivity index (χ3n) is 4.81. The van der Waals surface area contributed by atoms with E-state index in [4.69, 9.17) is 4.74 Å². The van der Waals surface area contributed by atoms with Gasteiger partial charge in [-0.25, -0.2) is 0 Å². The van der Waals surface area contributed by atoms with E-state index in [-0.39, 0.29) is 24.0 Å². The van der Waals surface area contributed by atoms with E-state index in [0.29, 0.717) is 5.75 Å². The van der Waals surface area contributed by atoms with Crippen LogP contribution >= 0.6 is 24.0 Å². The molecule has 2 aliphatic rings. The van der Waals surface area contributed by atoms with Crippen molar-refractivity contribution in [1.29, 1.82) is 0 Å². The van der Waals surface area contributed by atoms with Gasteiger partial charge in [0.05, 0.1) is 5.69 Å². The Morgan fingerprint density at radius 3 is 2.62 bits per heavy atom. The predicted octanol–water partition coefficient (Wildman–Crippen LogP) is 2.52. The van der Waals surface area contributed by atoms with Gasteiger partial charge in [-0.05, 0) is 37.3 Å². The van der Waals surface area contributed by atoms with Crippen LogP contribution in [0.5, 0.6) is 5.75 Å². The Morgan fingerprint density at radius 2 is 1.96 bits per heavy atom. The minimum absolute atomic E-state index is 0. The van der Waals surface area contributed by atoms with Crippen LogP contribution < -0.4 is 10.2 Å². The number of anilines is 1. The number of hydrogen-bond donors (Lipinski definition) is 2. The van der Waals surface area contributed by atoms with E-state index >= 15 is 0 Å². The largest absolute Gasteiger partial charge is 0.506 e. The molecule has 1 aromatic carbocycles. The minimum Gasteiger partial charge on any atom is -0.506 e. The highest BCUT2D eigenvalue weighted by Crippen LogP contribution is 2.28. The molecule has 2 fully saturated rings. The number of halogens is 1. The van der Waals surface area contributed by atoms with Crippen LogP contribution in [0.3, 0.4) is 0 Å². The maximum Gasteiger partial charge on any atom is 0.193 e.